The summed E-state index contributed by atoms with van der Waals surface area (Å²) in [6, 6.07) is 26.3. The Hall–Kier alpha value is -3.19. The van der Waals surface area contributed by atoms with Gasteiger partial charge in [0.25, 0.3) is 0 Å². The molecule has 0 saturated carbocycles. The molecule has 0 bridgehead atoms. The molecule has 5 aromatic rings. The van der Waals surface area contributed by atoms with Crippen molar-refractivity contribution in [1.29, 1.82) is 0 Å². The van der Waals surface area contributed by atoms with Gasteiger partial charge in [-0.3, -0.25) is 4.98 Å². The predicted molar refractivity (Wildman–Crippen MR) is 110 cm³/mol. The zero-order valence-corrected chi connectivity index (χ0v) is 14.6. The van der Waals surface area contributed by atoms with Crippen molar-refractivity contribution in [3.8, 4) is 11.1 Å². The average Bonchev–Trinajstić information content (AvgIpc) is 3.06. The Morgan fingerprint density at radius 3 is 2.08 bits per heavy atom. The second-order valence-corrected chi connectivity index (χ2v) is 7.25. The molecule has 1 heterocycles. The number of pyridine rings is 1. The molecule has 0 fully saturated rings. The van der Waals surface area contributed by atoms with E-state index in [0.717, 1.165) is 11.9 Å². The van der Waals surface area contributed by atoms with Crippen molar-refractivity contribution in [3.05, 3.63) is 89.6 Å². The summed E-state index contributed by atoms with van der Waals surface area (Å²) in [4.78, 5) is 5.19. The lowest BCUT2D eigenvalue weighted by Gasteiger charge is -2.11. The highest BCUT2D eigenvalue weighted by molar-refractivity contribution is 6.24. The van der Waals surface area contributed by atoms with Crippen LogP contribution in [0.3, 0.4) is 0 Å². The van der Waals surface area contributed by atoms with Crippen molar-refractivity contribution in [2.24, 2.45) is 0 Å². The molecular formula is C25H17N. The lowest BCUT2D eigenvalue weighted by molar-refractivity contribution is 1.14. The van der Waals surface area contributed by atoms with E-state index >= 15 is 0 Å². The van der Waals surface area contributed by atoms with E-state index in [9.17, 15) is 0 Å². The number of hydrogen-bond donors (Lipinski definition) is 0. The number of aryl methyl sites for hydroxylation is 1. The highest BCUT2D eigenvalue weighted by atomic mass is 14.7. The highest BCUT2D eigenvalue weighted by Crippen LogP contribution is 2.42. The minimum Gasteiger partial charge on any atom is -0.251 e. The number of fused-ring (bicyclic) bond motifs is 9. The Kier molecular flexibility index (Phi) is 2.66. The number of rotatable bonds is 0. The Labute approximate surface area is 151 Å². The second kappa shape index (κ2) is 4.92. The summed E-state index contributed by atoms with van der Waals surface area (Å²) in [6.07, 6.45) is 0.939. The van der Waals surface area contributed by atoms with E-state index in [0.29, 0.717) is 0 Å². The van der Waals surface area contributed by atoms with Crippen LogP contribution in [0.2, 0.25) is 0 Å². The minimum atomic E-state index is 0.939. The Bertz CT molecular complexity index is 1360. The zero-order valence-electron chi connectivity index (χ0n) is 14.6. The standard InChI is InChI=1S/C25H17N/c1-15-7-6-12-19-21(15)14-24-22(19)13-23-18-10-3-2-8-16(18)17-9-4-5-11-20(17)25(23)26-24/h2-13H,14H2,1H3. The molecule has 1 heteroatoms. The molecule has 26 heavy (non-hydrogen) atoms. The maximum Gasteiger partial charge on any atom is 0.0790 e. The van der Waals surface area contributed by atoms with E-state index in [-0.39, 0.29) is 0 Å². The van der Waals surface area contributed by atoms with Crippen LogP contribution in [0.25, 0.3) is 43.6 Å². The first-order valence-electron chi connectivity index (χ1n) is 9.13. The van der Waals surface area contributed by atoms with E-state index in [1.165, 1.54) is 54.9 Å². The van der Waals surface area contributed by atoms with Gasteiger partial charge in [0.15, 0.2) is 0 Å². The molecule has 0 saturated heterocycles. The zero-order chi connectivity index (χ0) is 17.3. The molecule has 4 aromatic carbocycles. The van der Waals surface area contributed by atoms with E-state index in [4.69, 9.17) is 4.98 Å². The van der Waals surface area contributed by atoms with Crippen LogP contribution in [-0.4, -0.2) is 4.98 Å². The molecule has 1 nitrogen and oxygen atoms in total. The molecular weight excluding hydrogens is 314 g/mol. The van der Waals surface area contributed by atoms with E-state index < -0.39 is 0 Å². The smallest absolute Gasteiger partial charge is 0.0790 e. The summed E-state index contributed by atoms with van der Waals surface area (Å²) in [5.41, 5.74) is 7.78. The van der Waals surface area contributed by atoms with Gasteiger partial charge in [0, 0.05) is 22.8 Å². The normalized spacial score (nSPS) is 12.7. The molecule has 1 aliphatic rings. The van der Waals surface area contributed by atoms with Crippen molar-refractivity contribution >= 4 is 32.4 Å². The molecule has 0 aliphatic heterocycles. The molecule has 1 aliphatic carbocycles. The summed E-state index contributed by atoms with van der Waals surface area (Å²) in [7, 11) is 0. The minimum absolute atomic E-state index is 0.939. The molecule has 0 radical (unpaired) electrons. The van der Waals surface area contributed by atoms with Crippen LogP contribution in [0.5, 0.6) is 0 Å². The summed E-state index contributed by atoms with van der Waals surface area (Å²) in [5.74, 6) is 0. The summed E-state index contributed by atoms with van der Waals surface area (Å²) >= 11 is 0. The third-order valence-electron chi connectivity index (χ3n) is 5.84. The van der Waals surface area contributed by atoms with Gasteiger partial charge in [-0.1, -0.05) is 66.7 Å². The fourth-order valence-electron chi connectivity index (χ4n) is 4.56. The van der Waals surface area contributed by atoms with Crippen molar-refractivity contribution in [2.75, 3.05) is 0 Å². The molecule has 0 N–H and O–H groups in total. The Morgan fingerprint density at radius 1 is 0.654 bits per heavy atom. The number of nitrogens with zero attached hydrogens (tertiary/aromatic N) is 1. The molecule has 0 amide bonds. The first kappa shape index (κ1) is 14.0. The van der Waals surface area contributed by atoms with Crippen molar-refractivity contribution in [3.63, 3.8) is 0 Å². The van der Waals surface area contributed by atoms with Gasteiger partial charge in [0.05, 0.1) is 11.2 Å². The molecule has 6 rings (SSSR count). The fourth-order valence-corrected chi connectivity index (χ4v) is 4.56. The van der Waals surface area contributed by atoms with E-state index in [1.54, 1.807) is 0 Å². The van der Waals surface area contributed by atoms with Crippen LogP contribution in [-0.2, 0) is 6.42 Å². The largest absolute Gasteiger partial charge is 0.251 e. The summed E-state index contributed by atoms with van der Waals surface area (Å²) < 4.78 is 0. The van der Waals surface area contributed by atoms with Crippen LogP contribution >= 0.6 is 0 Å². The van der Waals surface area contributed by atoms with Crippen LogP contribution in [0.15, 0.2) is 72.8 Å². The van der Waals surface area contributed by atoms with Gasteiger partial charge < -0.3 is 0 Å². The van der Waals surface area contributed by atoms with Crippen molar-refractivity contribution < 1.29 is 0 Å². The van der Waals surface area contributed by atoms with Crippen LogP contribution < -0.4 is 0 Å². The second-order valence-electron chi connectivity index (χ2n) is 7.25. The third kappa shape index (κ3) is 1.72. The van der Waals surface area contributed by atoms with Crippen LogP contribution in [0, 0.1) is 6.92 Å². The monoisotopic (exact) mass is 331 g/mol. The maximum absolute atomic E-state index is 5.19. The number of hydrogen-bond acceptors (Lipinski definition) is 1. The Balaban J connectivity index is 1.83. The quantitative estimate of drug-likeness (QED) is 0.293. The Morgan fingerprint density at radius 2 is 1.31 bits per heavy atom. The third-order valence-corrected chi connectivity index (χ3v) is 5.84. The number of aromatic nitrogens is 1. The molecule has 122 valence electrons. The predicted octanol–water partition coefficient (Wildman–Crippen LogP) is 6.42. The van der Waals surface area contributed by atoms with Gasteiger partial charge in [0.2, 0.25) is 0 Å². The van der Waals surface area contributed by atoms with Gasteiger partial charge in [-0.2, -0.15) is 0 Å². The average molecular weight is 331 g/mol. The maximum atomic E-state index is 5.19. The number of benzene rings is 4. The van der Waals surface area contributed by atoms with E-state index in [1.807, 2.05) is 0 Å². The van der Waals surface area contributed by atoms with Gasteiger partial charge in [-0.05, 0) is 45.8 Å². The lowest BCUT2D eigenvalue weighted by Crippen LogP contribution is -1.91. The topological polar surface area (TPSA) is 12.9 Å². The highest BCUT2D eigenvalue weighted by Gasteiger charge is 2.23. The summed E-state index contributed by atoms with van der Waals surface area (Å²) in [5, 5.41) is 6.39. The first-order valence-corrected chi connectivity index (χ1v) is 9.13. The molecule has 0 atom stereocenters. The SMILES string of the molecule is Cc1cccc2c1Cc1nc3c4ccccc4c4ccccc4c3cc1-2. The molecule has 0 spiro atoms. The van der Waals surface area contributed by atoms with Gasteiger partial charge in [-0.25, -0.2) is 0 Å². The van der Waals surface area contributed by atoms with Gasteiger partial charge in [0.1, 0.15) is 0 Å². The first-order chi connectivity index (χ1) is 12.8. The summed E-state index contributed by atoms with van der Waals surface area (Å²) in [6.45, 7) is 2.20. The van der Waals surface area contributed by atoms with Crippen molar-refractivity contribution in [1.82, 2.24) is 4.98 Å². The molecule has 1 aromatic heterocycles. The lowest BCUT2D eigenvalue weighted by atomic mass is 9.95. The van der Waals surface area contributed by atoms with Crippen LogP contribution in [0.4, 0.5) is 0 Å². The van der Waals surface area contributed by atoms with Crippen LogP contribution in [0.1, 0.15) is 16.8 Å². The van der Waals surface area contributed by atoms with Gasteiger partial charge in [-0.15, -0.1) is 0 Å². The van der Waals surface area contributed by atoms with E-state index in [2.05, 4.69) is 79.7 Å². The van der Waals surface area contributed by atoms with Gasteiger partial charge >= 0.3 is 0 Å². The van der Waals surface area contributed by atoms with Crippen molar-refractivity contribution in [2.45, 2.75) is 13.3 Å². The molecule has 0 unspecified atom stereocenters. The fraction of sp³-hybridized carbons (Fsp3) is 0.0800.